The number of anilines is 1. The standard InChI is InChI=1S/C17H18N4O4S2/c1-11-3-4-12(2)16(9-11)27(24,25)19-8-7-18-17-20-14-6-5-13(21(22)23)10-15(14)26-17/h3-6,9-10,19H,7-8H2,1-2H3,(H,18,20). The largest absolute Gasteiger partial charge is 0.360 e. The molecular weight excluding hydrogens is 388 g/mol. The number of benzene rings is 2. The highest BCUT2D eigenvalue weighted by atomic mass is 32.2. The summed E-state index contributed by atoms with van der Waals surface area (Å²) in [5.41, 5.74) is 2.24. The van der Waals surface area contributed by atoms with Crippen LogP contribution in [-0.4, -0.2) is 31.4 Å². The Bertz CT molecular complexity index is 1110. The fraction of sp³-hybridized carbons (Fsp3) is 0.235. The molecule has 0 unspecified atom stereocenters. The molecule has 142 valence electrons. The van der Waals surface area contributed by atoms with Crippen LogP contribution in [0.3, 0.4) is 0 Å². The van der Waals surface area contributed by atoms with Gasteiger partial charge in [-0.15, -0.1) is 0 Å². The van der Waals surface area contributed by atoms with Crippen LogP contribution in [0.1, 0.15) is 11.1 Å². The van der Waals surface area contributed by atoms with Crippen LogP contribution in [0.15, 0.2) is 41.3 Å². The summed E-state index contributed by atoms with van der Waals surface area (Å²) >= 11 is 1.28. The van der Waals surface area contributed by atoms with E-state index in [4.69, 9.17) is 0 Å². The van der Waals surface area contributed by atoms with Crippen LogP contribution in [0.5, 0.6) is 0 Å². The fourth-order valence-corrected chi connectivity index (χ4v) is 4.82. The minimum absolute atomic E-state index is 0.0129. The van der Waals surface area contributed by atoms with Crippen molar-refractivity contribution >= 4 is 42.4 Å². The van der Waals surface area contributed by atoms with E-state index in [2.05, 4.69) is 15.0 Å². The Kier molecular flexibility index (Phi) is 5.40. The summed E-state index contributed by atoms with van der Waals surface area (Å²) in [6.07, 6.45) is 0. The number of nitrogens with zero attached hydrogens (tertiary/aromatic N) is 2. The molecule has 3 aromatic rings. The second kappa shape index (κ2) is 7.59. The molecule has 0 bridgehead atoms. The third-order valence-corrected chi connectivity index (χ3v) is 6.49. The molecule has 1 aromatic heterocycles. The molecule has 0 aliphatic heterocycles. The number of nitrogens with one attached hydrogen (secondary N) is 2. The van der Waals surface area contributed by atoms with E-state index in [1.165, 1.54) is 23.5 Å². The van der Waals surface area contributed by atoms with Crippen LogP contribution in [-0.2, 0) is 10.0 Å². The van der Waals surface area contributed by atoms with Crippen molar-refractivity contribution in [1.82, 2.24) is 9.71 Å². The summed E-state index contributed by atoms with van der Waals surface area (Å²) in [6, 6.07) is 9.77. The van der Waals surface area contributed by atoms with Gasteiger partial charge in [0, 0.05) is 25.2 Å². The Hall–Kier alpha value is -2.56. The Morgan fingerprint density at radius 2 is 1.93 bits per heavy atom. The number of nitro groups is 1. The molecule has 0 amide bonds. The van der Waals surface area contributed by atoms with Gasteiger partial charge in [-0.05, 0) is 37.1 Å². The van der Waals surface area contributed by atoms with Gasteiger partial charge in [-0.2, -0.15) is 0 Å². The second-order valence-electron chi connectivity index (χ2n) is 6.02. The van der Waals surface area contributed by atoms with Crippen LogP contribution < -0.4 is 10.0 Å². The normalized spacial score (nSPS) is 11.6. The first-order valence-electron chi connectivity index (χ1n) is 8.12. The molecule has 27 heavy (non-hydrogen) atoms. The van der Waals surface area contributed by atoms with Gasteiger partial charge < -0.3 is 5.32 Å². The lowest BCUT2D eigenvalue weighted by Gasteiger charge is -2.10. The number of fused-ring (bicyclic) bond motifs is 1. The minimum atomic E-state index is -3.59. The summed E-state index contributed by atoms with van der Waals surface area (Å²) in [5, 5.41) is 14.5. The molecule has 3 rings (SSSR count). The number of hydrogen-bond donors (Lipinski definition) is 2. The lowest BCUT2D eigenvalue weighted by Crippen LogP contribution is -2.29. The first-order chi connectivity index (χ1) is 12.8. The van der Waals surface area contributed by atoms with E-state index in [0.717, 1.165) is 5.56 Å². The molecule has 0 fully saturated rings. The summed E-state index contributed by atoms with van der Waals surface area (Å²) in [5.74, 6) is 0. The molecule has 10 heteroatoms. The Morgan fingerprint density at radius 1 is 1.15 bits per heavy atom. The zero-order valence-corrected chi connectivity index (χ0v) is 16.4. The predicted molar refractivity (Wildman–Crippen MR) is 106 cm³/mol. The van der Waals surface area contributed by atoms with E-state index in [1.807, 2.05) is 13.0 Å². The average molecular weight is 406 g/mol. The molecule has 2 N–H and O–H groups in total. The van der Waals surface area contributed by atoms with Gasteiger partial charge in [0.1, 0.15) is 0 Å². The highest BCUT2D eigenvalue weighted by Gasteiger charge is 2.16. The minimum Gasteiger partial charge on any atom is -0.360 e. The van der Waals surface area contributed by atoms with Crippen molar-refractivity contribution in [1.29, 1.82) is 0 Å². The van der Waals surface area contributed by atoms with Crippen molar-refractivity contribution in [2.45, 2.75) is 18.7 Å². The molecule has 8 nitrogen and oxygen atoms in total. The second-order valence-corrected chi connectivity index (χ2v) is 8.79. The average Bonchev–Trinajstić information content (AvgIpc) is 3.02. The maximum absolute atomic E-state index is 12.4. The van der Waals surface area contributed by atoms with Gasteiger partial charge in [-0.1, -0.05) is 23.5 Å². The van der Waals surface area contributed by atoms with Gasteiger partial charge in [-0.25, -0.2) is 18.1 Å². The summed E-state index contributed by atoms with van der Waals surface area (Å²) in [4.78, 5) is 15.0. The number of nitro benzene ring substituents is 1. The van der Waals surface area contributed by atoms with E-state index in [1.54, 1.807) is 25.1 Å². The quantitative estimate of drug-likeness (QED) is 0.354. The number of sulfonamides is 1. The molecule has 0 radical (unpaired) electrons. The van der Waals surface area contributed by atoms with Crippen molar-refractivity contribution < 1.29 is 13.3 Å². The zero-order valence-electron chi connectivity index (χ0n) is 14.7. The van der Waals surface area contributed by atoms with Crippen LogP contribution in [0.4, 0.5) is 10.8 Å². The van der Waals surface area contributed by atoms with Crippen molar-refractivity contribution in [3.8, 4) is 0 Å². The molecule has 0 aliphatic carbocycles. The van der Waals surface area contributed by atoms with Crippen molar-refractivity contribution in [2.75, 3.05) is 18.4 Å². The molecule has 1 heterocycles. The smallest absolute Gasteiger partial charge is 0.270 e. The molecule has 0 saturated carbocycles. The van der Waals surface area contributed by atoms with E-state index >= 15 is 0 Å². The highest BCUT2D eigenvalue weighted by molar-refractivity contribution is 7.89. The van der Waals surface area contributed by atoms with E-state index in [0.29, 0.717) is 27.5 Å². The van der Waals surface area contributed by atoms with Gasteiger partial charge in [0.25, 0.3) is 5.69 Å². The molecule has 0 aliphatic rings. The third kappa shape index (κ3) is 4.41. The first-order valence-corrected chi connectivity index (χ1v) is 10.4. The Balaban J connectivity index is 1.62. The number of non-ortho nitro benzene ring substituents is 1. The van der Waals surface area contributed by atoms with Crippen molar-refractivity contribution in [3.05, 3.63) is 57.6 Å². The van der Waals surface area contributed by atoms with Crippen molar-refractivity contribution in [2.24, 2.45) is 0 Å². The third-order valence-electron chi connectivity index (χ3n) is 3.91. The van der Waals surface area contributed by atoms with E-state index in [9.17, 15) is 18.5 Å². The fourth-order valence-electron chi connectivity index (χ4n) is 2.53. The van der Waals surface area contributed by atoms with E-state index in [-0.39, 0.29) is 17.1 Å². The monoisotopic (exact) mass is 406 g/mol. The van der Waals surface area contributed by atoms with Crippen LogP contribution in [0, 0.1) is 24.0 Å². The topological polar surface area (TPSA) is 114 Å². The summed E-state index contributed by atoms with van der Waals surface area (Å²) in [7, 11) is -3.59. The highest BCUT2D eigenvalue weighted by Crippen LogP contribution is 2.28. The van der Waals surface area contributed by atoms with E-state index < -0.39 is 14.9 Å². The Labute approximate surface area is 160 Å². The van der Waals surface area contributed by atoms with Crippen LogP contribution >= 0.6 is 11.3 Å². The van der Waals surface area contributed by atoms with Gasteiger partial charge in [0.2, 0.25) is 10.0 Å². The number of aryl methyl sites for hydroxylation is 2. The van der Waals surface area contributed by atoms with Crippen molar-refractivity contribution in [3.63, 3.8) is 0 Å². The summed E-state index contributed by atoms with van der Waals surface area (Å²) in [6.45, 7) is 4.13. The number of rotatable bonds is 7. The molecule has 0 saturated heterocycles. The molecular formula is C17H18N4O4S2. The molecule has 2 aromatic carbocycles. The summed E-state index contributed by atoms with van der Waals surface area (Å²) < 4.78 is 28.2. The molecule has 0 spiro atoms. The van der Waals surface area contributed by atoms with Gasteiger partial charge >= 0.3 is 0 Å². The number of hydrogen-bond acceptors (Lipinski definition) is 7. The van der Waals surface area contributed by atoms with Gasteiger partial charge in [0.15, 0.2) is 5.13 Å². The maximum atomic E-state index is 12.4. The van der Waals surface area contributed by atoms with Crippen LogP contribution in [0.25, 0.3) is 10.2 Å². The lowest BCUT2D eigenvalue weighted by atomic mass is 10.2. The van der Waals surface area contributed by atoms with Gasteiger partial charge in [-0.3, -0.25) is 10.1 Å². The number of aromatic nitrogens is 1. The lowest BCUT2D eigenvalue weighted by molar-refractivity contribution is -0.384. The SMILES string of the molecule is Cc1ccc(C)c(S(=O)(=O)NCCNc2nc3ccc([N+](=O)[O-])cc3s2)c1. The van der Waals surface area contributed by atoms with Crippen LogP contribution in [0.2, 0.25) is 0 Å². The number of thiazole rings is 1. The Morgan fingerprint density at radius 3 is 2.67 bits per heavy atom. The van der Waals surface area contributed by atoms with Gasteiger partial charge in [0.05, 0.1) is 20.0 Å². The zero-order chi connectivity index (χ0) is 19.6. The first kappa shape index (κ1) is 19.2. The maximum Gasteiger partial charge on any atom is 0.270 e. The molecule has 0 atom stereocenters. The predicted octanol–water partition coefficient (Wildman–Crippen LogP) is 3.21.